The third-order valence-corrected chi connectivity index (χ3v) is 3.35. The minimum Gasteiger partial charge on any atom is -0.459 e. The number of benzene rings is 1. The summed E-state index contributed by atoms with van der Waals surface area (Å²) in [7, 11) is 0. The summed E-state index contributed by atoms with van der Waals surface area (Å²) in [5, 5.41) is 0.898. The average Bonchev–Trinajstić information content (AvgIpc) is 2.80. The van der Waals surface area contributed by atoms with E-state index in [1.807, 2.05) is 24.3 Å². The fraction of sp³-hybridized carbons (Fsp3) is 0.467. The highest BCUT2D eigenvalue weighted by molar-refractivity contribution is 5.77. The summed E-state index contributed by atoms with van der Waals surface area (Å²) in [4.78, 5) is 1.30. The van der Waals surface area contributed by atoms with Crippen molar-refractivity contribution in [2.45, 2.75) is 32.1 Å². The van der Waals surface area contributed by atoms with Gasteiger partial charge in [0.15, 0.2) is 0 Å². The summed E-state index contributed by atoms with van der Waals surface area (Å²) in [6.07, 6.45) is -4.24. The van der Waals surface area contributed by atoms with E-state index in [9.17, 15) is 13.2 Å². The van der Waals surface area contributed by atoms with Crippen LogP contribution < -0.4 is 5.73 Å². The van der Waals surface area contributed by atoms with Crippen molar-refractivity contribution in [2.75, 3.05) is 13.1 Å². The lowest BCUT2D eigenvalue weighted by Crippen LogP contribution is -2.42. The molecule has 116 valence electrons. The lowest BCUT2D eigenvalue weighted by Gasteiger charge is -2.29. The lowest BCUT2D eigenvalue weighted by atomic mass is 10.1. The molecule has 1 heterocycles. The maximum atomic E-state index is 12.6. The van der Waals surface area contributed by atoms with E-state index in [4.69, 9.17) is 10.2 Å². The van der Waals surface area contributed by atoms with Crippen molar-refractivity contribution in [1.29, 1.82) is 0 Å². The first-order valence-corrected chi connectivity index (χ1v) is 6.81. The van der Waals surface area contributed by atoms with E-state index in [1.54, 1.807) is 19.9 Å². The second kappa shape index (κ2) is 6.07. The number of para-hydroxylation sites is 1. The summed E-state index contributed by atoms with van der Waals surface area (Å²) in [6, 6.07) is 8.34. The molecule has 2 aromatic rings. The summed E-state index contributed by atoms with van der Waals surface area (Å²) in [5.74, 6) is 0.504. The van der Waals surface area contributed by atoms with Gasteiger partial charge >= 0.3 is 6.18 Å². The SMILES string of the molecule is CC(C)N(CC(N)c1cc2ccccc2o1)CC(F)(F)F. The zero-order chi connectivity index (χ0) is 15.6. The topological polar surface area (TPSA) is 42.4 Å². The summed E-state index contributed by atoms with van der Waals surface area (Å²) in [5.41, 5.74) is 6.70. The minimum atomic E-state index is -4.24. The van der Waals surface area contributed by atoms with Crippen LogP contribution in [0.4, 0.5) is 13.2 Å². The molecular formula is C15H19F3N2O. The highest BCUT2D eigenvalue weighted by Gasteiger charge is 2.32. The van der Waals surface area contributed by atoms with E-state index < -0.39 is 18.8 Å². The van der Waals surface area contributed by atoms with E-state index in [0.29, 0.717) is 11.3 Å². The summed E-state index contributed by atoms with van der Waals surface area (Å²) in [6.45, 7) is 2.56. The Morgan fingerprint density at radius 1 is 1.24 bits per heavy atom. The van der Waals surface area contributed by atoms with Gasteiger partial charge in [-0.15, -0.1) is 0 Å². The number of nitrogens with zero attached hydrogens (tertiary/aromatic N) is 1. The molecule has 0 radical (unpaired) electrons. The van der Waals surface area contributed by atoms with Crippen molar-refractivity contribution in [3.63, 3.8) is 0 Å². The van der Waals surface area contributed by atoms with Gasteiger partial charge in [-0.05, 0) is 26.0 Å². The second-order valence-electron chi connectivity index (χ2n) is 5.43. The van der Waals surface area contributed by atoms with Crippen molar-refractivity contribution in [3.05, 3.63) is 36.1 Å². The van der Waals surface area contributed by atoms with Gasteiger partial charge in [0.1, 0.15) is 11.3 Å². The molecule has 0 fully saturated rings. The largest absolute Gasteiger partial charge is 0.459 e. The van der Waals surface area contributed by atoms with Gasteiger partial charge in [0, 0.05) is 18.0 Å². The van der Waals surface area contributed by atoms with Gasteiger partial charge in [-0.1, -0.05) is 18.2 Å². The van der Waals surface area contributed by atoms with E-state index in [-0.39, 0.29) is 12.6 Å². The van der Waals surface area contributed by atoms with Crippen molar-refractivity contribution in [2.24, 2.45) is 5.73 Å². The molecule has 0 amide bonds. The van der Waals surface area contributed by atoms with Gasteiger partial charge in [0.25, 0.3) is 0 Å². The molecule has 1 atom stereocenters. The van der Waals surface area contributed by atoms with Crippen molar-refractivity contribution >= 4 is 11.0 Å². The Balaban J connectivity index is 2.12. The summed E-state index contributed by atoms with van der Waals surface area (Å²) < 4.78 is 43.3. The van der Waals surface area contributed by atoms with Crippen molar-refractivity contribution < 1.29 is 17.6 Å². The van der Waals surface area contributed by atoms with Gasteiger partial charge < -0.3 is 10.2 Å². The molecule has 2 rings (SSSR count). The van der Waals surface area contributed by atoms with Crippen LogP contribution in [0, 0.1) is 0 Å². The molecule has 0 saturated carbocycles. The van der Waals surface area contributed by atoms with Crippen LogP contribution in [-0.4, -0.2) is 30.2 Å². The number of nitrogens with two attached hydrogens (primary N) is 1. The van der Waals surface area contributed by atoms with Crippen LogP contribution in [0.5, 0.6) is 0 Å². The molecule has 1 aromatic carbocycles. The van der Waals surface area contributed by atoms with Gasteiger partial charge in [0.2, 0.25) is 0 Å². The minimum absolute atomic E-state index is 0.0942. The molecular weight excluding hydrogens is 281 g/mol. The molecule has 0 aliphatic heterocycles. The average molecular weight is 300 g/mol. The fourth-order valence-corrected chi connectivity index (χ4v) is 2.22. The molecule has 1 unspecified atom stereocenters. The van der Waals surface area contributed by atoms with Crippen LogP contribution >= 0.6 is 0 Å². The predicted octanol–water partition coefficient (Wildman–Crippen LogP) is 3.71. The molecule has 0 spiro atoms. The molecule has 3 nitrogen and oxygen atoms in total. The molecule has 6 heteroatoms. The van der Waals surface area contributed by atoms with E-state index >= 15 is 0 Å². The van der Waals surface area contributed by atoms with Crippen molar-refractivity contribution in [1.82, 2.24) is 4.90 Å². The van der Waals surface area contributed by atoms with E-state index in [1.165, 1.54) is 4.90 Å². The number of fused-ring (bicyclic) bond motifs is 1. The zero-order valence-corrected chi connectivity index (χ0v) is 12.0. The van der Waals surface area contributed by atoms with Gasteiger partial charge in [-0.25, -0.2) is 0 Å². The number of halogens is 3. The Bertz CT molecular complexity index is 559. The third-order valence-electron chi connectivity index (χ3n) is 3.35. The first kappa shape index (κ1) is 15.9. The Hall–Kier alpha value is -1.53. The first-order valence-electron chi connectivity index (χ1n) is 6.81. The highest BCUT2D eigenvalue weighted by Crippen LogP contribution is 2.25. The molecule has 1 aromatic heterocycles. The number of hydrogen-bond acceptors (Lipinski definition) is 3. The first-order chi connectivity index (χ1) is 9.76. The molecule has 2 N–H and O–H groups in total. The monoisotopic (exact) mass is 300 g/mol. The number of alkyl halides is 3. The van der Waals surface area contributed by atoms with Gasteiger partial charge in [-0.3, -0.25) is 4.90 Å². The van der Waals surface area contributed by atoms with Gasteiger partial charge in [0.05, 0.1) is 12.6 Å². The molecule has 0 aliphatic carbocycles. The standard InChI is InChI=1S/C15H19F3N2O/c1-10(2)20(9-15(16,17)18)8-12(19)14-7-11-5-3-4-6-13(11)21-14/h3-7,10,12H,8-9,19H2,1-2H3. The van der Waals surface area contributed by atoms with Crippen LogP contribution in [0.2, 0.25) is 0 Å². The van der Waals surface area contributed by atoms with Crippen LogP contribution in [0.3, 0.4) is 0 Å². The van der Waals surface area contributed by atoms with Crippen LogP contribution in [0.25, 0.3) is 11.0 Å². The number of furan rings is 1. The normalized spacial score (nSPS) is 14.3. The maximum Gasteiger partial charge on any atom is 0.401 e. The second-order valence-corrected chi connectivity index (χ2v) is 5.43. The van der Waals surface area contributed by atoms with E-state index in [2.05, 4.69) is 0 Å². The molecule has 0 bridgehead atoms. The van der Waals surface area contributed by atoms with Crippen LogP contribution in [-0.2, 0) is 0 Å². The summed E-state index contributed by atoms with van der Waals surface area (Å²) >= 11 is 0. The predicted molar refractivity (Wildman–Crippen MR) is 75.9 cm³/mol. The third kappa shape index (κ3) is 4.22. The van der Waals surface area contributed by atoms with Crippen molar-refractivity contribution in [3.8, 4) is 0 Å². The Morgan fingerprint density at radius 2 is 1.90 bits per heavy atom. The van der Waals surface area contributed by atoms with Gasteiger partial charge in [-0.2, -0.15) is 13.2 Å². The smallest absolute Gasteiger partial charge is 0.401 e. The van der Waals surface area contributed by atoms with E-state index in [0.717, 1.165) is 5.39 Å². The molecule has 0 saturated heterocycles. The Labute approximate surface area is 121 Å². The maximum absolute atomic E-state index is 12.6. The number of rotatable bonds is 5. The quantitative estimate of drug-likeness (QED) is 0.915. The zero-order valence-electron chi connectivity index (χ0n) is 12.0. The van der Waals surface area contributed by atoms with Crippen LogP contribution in [0.1, 0.15) is 25.6 Å². The number of hydrogen-bond donors (Lipinski definition) is 1. The lowest BCUT2D eigenvalue weighted by molar-refractivity contribution is -0.150. The fourth-order valence-electron chi connectivity index (χ4n) is 2.22. The highest BCUT2D eigenvalue weighted by atomic mass is 19.4. The molecule has 21 heavy (non-hydrogen) atoms. The molecule has 0 aliphatic rings. The van der Waals surface area contributed by atoms with Crippen LogP contribution in [0.15, 0.2) is 34.7 Å². The Morgan fingerprint density at radius 3 is 2.48 bits per heavy atom. The Kier molecular flexibility index (Phi) is 4.58.